The largest absolute Gasteiger partial charge is 0.385 e. The maximum absolute atomic E-state index is 11.8. The van der Waals surface area contributed by atoms with Crippen molar-refractivity contribution in [3.63, 3.8) is 0 Å². The van der Waals surface area contributed by atoms with Crippen molar-refractivity contribution >= 4 is 21.4 Å². The van der Waals surface area contributed by atoms with Crippen molar-refractivity contribution < 1.29 is 13.2 Å². The summed E-state index contributed by atoms with van der Waals surface area (Å²) in [6, 6.07) is 5.59. The van der Waals surface area contributed by atoms with Crippen LogP contribution in [0.5, 0.6) is 0 Å². The van der Waals surface area contributed by atoms with Crippen LogP contribution in [0, 0.1) is 0 Å². The van der Waals surface area contributed by atoms with E-state index in [1.807, 2.05) is 12.1 Å². The van der Waals surface area contributed by atoms with Gasteiger partial charge in [0.1, 0.15) is 0 Å². The van der Waals surface area contributed by atoms with E-state index in [2.05, 4.69) is 10.0 Å². The van der Waals surface area contributed by atoms with Gasteiger partial charge in [0, 0.05) is 31.6 Å². The number of nitrogens with one attached hydrogen (secondary N) is 2. The molecule has 0 atom stereocenters. The normalized spacial score (nSPS) is 14.1. The Morgan fingerprint density at radius 2 is 2.28 bits per heavy atom. The van der Waals surface area contributed by atoms with Crippen LogP contribution in [0.25, 0.3) is 0 Å². The van der Waals surface area contributed by atoms with Crippen molar-refractivity contribution in [2.24, 2.45) is 0 Å². The number of hydrogen-bond donors (Lipinski definition) is 2. The van der Waals surface area contributed by atoms with E-state index >= 15 is 0 Å². The number of hydrogen-bond acceptors (Lipinski definition) is 4. The van der Waals surface area contributed by atoms with Crippen LogP contribution in [-0.4, -0.2) is 34.4 Å². The van der Waals surface area contributed by atoms with Gasteiger partial charge in [-0.15, -0.1) is 0 Å². The first-order valence-corrected chi connectivity index (χ1v) is 7.62. The van der Waals surface area contributed by atoms with Crippen LogP contribution in [-0.2, 0) is 21.2 Å². The minimum atomic E-state index is -3.27. The molecule has 1 aliphatic rings. The van der Waals surface area contributed by atoms with Gasteiger partial charge in [0.05, 0.1) is 5.75 Å². The highest BCUT2D eigenvalue weighted by molar-refractivity contribution is 7.92. The van der Waals surface area contributed by atoms with Gasteiger partial charge in [-0.2, -0.15) is 0 Å². The van der Waals surface area contributed by atoms with Crippen LogP contribution < -0.4 is 10.0 Å². The number of benzene rings is 1. The average Bonchev–Trinajstić information content (AvgIpc) is 2.75. The molecule has 0 amide bonds. The Kier molecular flexibility index (Phi) is 4.08. The van der Waals surface area contributed by atoms with Crippen LogP contribution in [0.4, 0.5) is 11.4 Å². The van der Waals surface area contributed by atoms with Gasteiger partial charge < -0.3 is 10.1 Å². The smallest absolute Gasteiger partial charge is 0.232 e. The molecule has 0 bridgehead atoms. The number of fused-ring (bicyclic) bond motifs is 1. The lowest BCUT2D eigenvalue weighted by atomic mass is 10.1. The van der Waals surface area contributed by atoms with Crippen molar-refractivity contribution in [2.45, 2.75) is 12.8 Å². The molecular formula is C12H18N2O3S. The maximum atomic E-state index is 11.8. The summed E-state index contributed by atoms with van der Waals surface area (Å²) in [4.78, 5) is 0. The third kappa shape index (κ3) is 3.36. The van der Waals surface area contributed by atoms with E-state index in [1.165, 1.54) is 0 Å². The molecule has 0 saturated heterocycles. The quantitative estimate of drug-likeness (QED) is 0.767. The first kappa shape index (κ1) is 13.2. The summed E-state index contributed by atoms with van der Waals surface area (Å²) in [5.41, 5.74) is 2.89. The zero-order chi connectivity index (χ0) is 13.0. The van der Waals surface area contributed by atoms with E-state index in [1.54, 1.807) is 13.2 Å². The Morgan fingerprint density at radius 3 is 3.06 bits per heavy atom. The van der Waals surface area contributed by atoms with Crippen molar-refractivity contribution in [1.29, 1.82) is 0 Å². The Bertz CT molecular complexity index is 514. The van der Waals surface area contributed by atoms with E-state index in [0.717, 1.165) is 24.2 Å². The summed E-state index contributed by atoms with van der Waals surface area (Å²) in [6.07, 6.45) is 1.44. The van der Waals surface area contributed by atoms with Gasteiger partial charge >= 0.3 is 0 Å². The first-order chi connectivity index (χ1) is 8.61. The summed E-state index contributed by atoms with van der Waals surface area (Å²) < 4.78 is 31.0. The van der Waals surface area contributed by atoms with E-state index in [4.69, 9.17) is 4.74 Å². The van der Waals surface area contributed by atoms with Gasteiger partial charge in [-0.3, -0.25) is 4.72 Å². The number of rotatable bonds is 6. The van der Waals surface area contributed by atoms with E-state index in [-0.39, 0.29) is 5.75 Å². The molecule has 5 nitrogen and oxygen atoms in total. The molecule has 1 heterocycles. The average molecular weight is 270 g/mol. The van der Waals surface area contributed by atoms with E-state index in [0.29, 0.717) is 18.7 Å². The highest BCUT2D eigenvalue weighted by Gasteiger charge is 2.13. The molecule has 6 heteroatoms. The Morgan fingerprint density at radius 1 is 1.44 bits per heavy atom. The first-order valence-electron chi connectivity index (χ1n) is 5.97. The molecule has 0 saturated carbocycles. The molecule has 1 aromatic carbocycles. The summed E-state index contributed by atoms with van der Waals surface area (Å²) in [5, 5.41) is 3.24. The van der Waals surface area contributed by atoms with Crippen molar-refractivity contribution in [3.8, 4) is 0 Å². The second-order valence-electron chi connectivity index (χ2n) is 4.32. The topological polar surface area (TPSA) is 67.4 Å². The van der Waals surface area contributed by atoms with Gasteiger partial charge in [-0.05, 0) is 36.6 Å². The van der Waals surface area contributed by atoms with Gasteiger partial charge in [-0.1, -0.05) is 0 Å². The van der Waals surface area contributed by atoms with E-state index < -0.39 is 10.0 Å². The van der Waals surface area contributed by atoms with Gasteiger partial charge in [0.15, 0.2) is 0 Å². The third-order valence-corrected chi connectivity index (χ3v) is 4.22. The predicted molar refractivity (Wildman–Crippen MR) is 72.5 cm³/mol. The van der Waals surface area contributed by atoms with E-state index in [9.17, 15) is 8.42 Å². The highest BCUT2D eigenvalue weighted by atomic mass is 32.2. The number of anilines is 2. The van der Waals surface area contributed by atoms with Crippen LogP contribution in [0.15, 0.2) is 18.2 Å². The molecule has 0 fully saturated rings. The fourth-order valence-electron chi connectivity index (χ4n) is 1.99. The fraction of sp³-hybridized carbons (Fsp3) is 0.500. The molecule has 0 aliphatic carbocycles. The summed E-state index contributed by atoms with van der Waals surface area (Å²) in [5.74, 6) is 0.0795. The van der Waals surface area contributed by atoms with Gasteiger partial charge in [0.2, 0.25) is 10.0 Å². The lowest BCUT2D eigenvalue weighted by Crippen LogP contribution is -2.17. The second-order valence-corrected chi connectivity index (χ2v) is 6.16. The second kappa shape index (κ2) is 5.58. The van der Waals surface area contributed by atoms with Crippen LogP contribution >= 0.6 is 0 Å². The van der Waals surface area contributed by atoms with Crippen molar-refractivity contribution in [3.05, 3.63) is 23.8 Å². The molecule has 100 valence electrons. The zero-order valence-electron chi connectivity index (χ0n) is 10.4. The molecule has 18 heavy (non-hydrogen) atoms. The minimum absolute atomic E-state index is 0.0795. The summed E-state index contributed by atoms with van der Waals surface area (Å²) >= 11 is 0. The molecule has 1 aliphatic heterocycles. The number of ether oxygens (including phenoxy) is 1. The lowest BCUT2D eigenvalue weighted by Gasteiger charge is -2.09. The van der Waals surface area contributed by atoms with Crippen LogP contribution in [0.2, 0.25) is 0 Å². The molecule has 0 radical (unpaired) electrons. The number of sulfonamides is 1. The minimum Gasteiger partial charge on any atom is -0.385 e. The van der Waals surface area contributed by atoms with Gasteiger partial charge in [-0.25, -0.2) is 8.42 Å². The van der Waals surface area contributed by atoms with Crippen LogP contribution in [0.3, 0.4) is 0 Å². The lowest BCUT2D eigenvalue weighted by molar-refractivity contribution is 0.199. The molecule has 1 aromatic rings. The van der Waals surface area contributed by atoms with Crippen molar-refractivity contribution in [2.75, 3.05) is 36.1 Å². The van der Waals surface area contributed by atoms with Crippen LogP contribution in [0.1, 0.15) is 12.0 Å². The molecular weight excluding hydrogens is 252 g/mol. The Balaban J connectivity index is 2.00. The Labute approximate surface area is 108 Å². The SMILES string of the molecule is COCCCS(=O)(=O)Nc1ccc2c(c1)CCN2. The molecule has 2 rings (SSSR count). The monoisotopic (exact) mass is 270 g/mol. The molecule has 2 N–H and O–H groups in total. The molecule has 0 unspecified atom stereocenters. The fourth-order valence-corrected chi connectivity index (χ4v) is 3.08. The predicted octanol–water partition coefficient (Wildman–Crippen LogP) is 1.43. The highest BCUT2D eigenvalue weighted by Crippen LogP contribution is 2.25. The Hall–Kier alpha value is -1.27. The molecule has 0 aromatic heterocycles. The van der Waals surface area contributed by atoms with Gasteiger partial charge in [0.25, 0.3) is 0 Å². The summed E-state index contributed by atoms with van der Waals surface area (Å²) in [7, 11) is -1.71. The third-order valence-electron chi connectivity index (χ3n) is 2.85. The molecule has 0 spiro atoms. The summed E-state index contributed by atoms with van der Waals surface area (Å²) in [6.45, 7) is 1.37. The maximum Gasteiger partial charge on any atom is 0.232 e. The number of methoxy groups -OCH3 is 1. The van der Waals surface area contributed by atoms with Crippen molar-refractivity contribution in [1.82, 2.24) is 0 Å². The zero-order valence-corrected chi connectivity index (χ0v) is 11.2. The standard InChI is InChI=1S/C12H18N2O3S/c1-17-7-2-8-18(15,16)14-11-3-4-12-10(9-11)5-6-13-12/h3-4,9,13-14H,2,5-8H2,1H3.